The summed E-state index contributed by atoms with van der Waals surface area (Å²) in [6, 6.07) is 8.29. The molecule has 0 aliphatic carbocycles. The van der Waals surface area contributed by atoms with Crippen LogP contribution in [-0.2, 0) is 10.5 Å². The van der Waals surface area contributed by atoms with Crippen molar-refractivity contribution in [1.82, 2.24) is 0 Å². The normalized spacial score (nSPS) is 11.2. The van der Waals surface area contributed by atoms with Gasteiger partial charge in [0, 0.05) is 0 Å². The summed E-state index contributed by atoms with van der Waals surface area (Å²) in [5, 5.41) is 8.64. The molecule has 4 heteroatoms. The molecule has 0 aromatic heterocycles. The Hall–Kier alpha value is -1.39. The van der Waals surface area contributed by atoms with Crippen molar-refractivity contribution in [3.63, 3.8) is 0 Å². The molecular formula is C8H10N2O2. The average molecular weight is 166 g/mol. The first-order valence-corrected chi connectivity index (χ1v) is 3.42. The Kier molecular flexibility index (Phi) is 2.12. The number of carboxylic acid groups (broad SMARTS) is 1. The molecule has 0 atom stereocenters. The van der Waals surface area contributed by atoms with Crippen LogP contribution in [0.4, 0.5) is 0 Å². The fourth-order valence-corrected chi connectivity index (χ4v) is 0.837. The lowest BCUT2D eigenvalue weighted by molar-refractivity contribution is -0.143. The summed E-state index contributed by atoms with van der Waals surface area (Å²) in [6.07, 6.45) is 0. The second-order valence-electron chi connectivity index (χ2n) is 2.54. The minimum absolute atomic E-state index is 0.387. The van der Waals surface area contributed by atoms with Gasteiger partial charge in [-0.3, -0.25) is 0 Å². The number of hydrogen-bond acceptors (Lipinski definition) is 3. The van der Waals surface area contributed by atoms with E-state index in [1.54, 1.807) is 30.3 Å². The smallest absolute Gasteiger partial charge is 0.343 e. The van der Waals surface area contributed by atoms with Crippen LogP contribution in [0, 0.1) is 0 Å². The molecule has 1 aromatic rings. The van der Waals surface area contributed by atoms with Crippen LogP contribution < -0.4 is 11.5 Å². The molecule has 0 aliphatic rings. The van der Waals surface area contributed by atoms with Gasteiger partial charge in [-0.1, -0.05) is 30.3 Å². The fraction of sp³-hybridized carbons (Fsp3) is 0.125. The summed E-state index contributed by atoms with van der Waals surface area (Å²) < 4.78 is 0. The van der Waals surface area contributed by atoms with Gasteiger partial charge in [-0.05, 0) is 5.56 Å². The van der Waals surface area contributed by atoms with E-state index >= 15 is 0 Å². The maximum Gasteiger partial charge on any atom is 0.343 e. The fourth-order valence-electron chi connectivity index (χ4n) is 0.837. The molecule has 0 heterocycles. The van der Waals surface area contributed by atoms with E-state index in [1.807, 2.05) is 0 Å². The Bertz CT molecular complexity index is 282. The first-order valence-electron chi connectivity index (χ1n) is 3.42. The largest absolute Gasteiger partial charge is 0.479 e. The number of aliphatic carboxylic acids is 1. The van der Waals surface area contributed by atoms with E-state index in [-0.39, 0.29) is 0 Å². The van der Waals surface area contributed by atoms with Crippen LogP contribution in [0.25, 0.3) is 0 Å². The molecule has 0 fully saturated rings. The highest BCUT2D eigenvalue weighted by Crippen LogP contribution is 2.11. The Balaban J connectivity index is 3.06. The molecule has 4 nitrogen and oxygen atoms in total. The number of carbonyl (C=O) groups is 1. The minimum atomic E-state index is -1.79. The summed E-state index contributed by atoms with van der Waals surface area (Å²) in [4.78, 5) is 10.6. The van der Waals surface area contributed by atoms with Crippen LogP contribution in [0.5, 0.6) is 0 Å². The zero-order valence-electron chi connectivity index (χ0n) is 6.40. The highest BCUT2D eigenvalue weighted by Gasteiger charge is 2.30. The standard InChI is InChI=1S/C8H10N2O2/c9-8(10,7(11)12)6-4-2-1-3-5-6/h1-5H,9-10H2,(H,11,12). The molecule has 0 radical (unpaired) electrons. The number of nitrogens with two attached hydrogens (primary N) is 2. The van der Waals surface area contributed by atoms with Gasteiger partial charge in [0.25, 0.3) is 0 Å². The summed E-state index contributed by atoms with van der Waals surface area (Å²) in [7, 11) is 0. The van der Waals surface area contributed by atoms with Crippen molar-refractivity contribution in [2.45, 2.75) is 5.66 Å². The van der Waals surface area contributed by atoms with Gasteiger partial charge in [0.15, 0.2) is 5.66 Å². The second kappa shape index (κ2) is 2.92. The number of benzene rings is 1. The van der Waals surface area contributed by atoms with Gasteiger partial charge >= 0.3 is 5.97 Å². The molecule has 1 rings (SSSR count). The van der Waals surface area contributed by atoms with Crippen molar-refractivity contribution in [1.29, 1.82) is 0 Å². The van der Waals surface area contributed by atoms with E-state index in [2.05, 4.69) is 0 Å². The van der Waals surface area contributed by atoms with Crippen LogP contribution >= 0.6 is 0 Å². The molecule has 12 heavy (non-hydrogen) atoms. The average Bonchev–Trinajstić information content (AvgIpc) is 2.06. The van der Waals surface area contributed by atoms with E-state index in [1.165, 1.54) is 0 Å². The Morgan fingerprint density at radius 2 is 1.75 bits per heavy atom. The minimum Gasteiger partial charge on any atom is -0.479 e. The molecule has 0 bridgehead atoms. The Morgan fingerprint density at radius 1 is 1.25 bits per heavy atom. The van der Waals surface area contributed by atoms with Gasteiger partial charge in [-0.15, -0.1) is 0 Å². The maximum absolute atomic E-state index is 10.6. The summed E-state index contributed by atoms with van der Waals surface area (Å²) in [5.41, 5.74) is 9.31. The third kappa shape index (κ3) is 1.44. The molecule has 5 N–H and O–H groups in total. The van der Waals surface area contributed by atoms with E-state index in [0.29, 0.717) is 5.56 Å². The van der Waals surface area contributed by atoms with Crippen molar-refractivity contribution in [2.75, 3.05) is 0 Å². The zero-order valence-corrected chi connectivity index (χ0v) is 6.40. The van der Waals surface area contributed by atoms with Crippen molar-refractivity contribution < 1.29 is 9.90 Å². The van der Waals surface area contributed by atoms with E-state index in [0.717, 1.165) is 0 Å². The van der Waals surface area contributed by atoms with Crippen molar-refractivity contribution >= 4 is 5.97 Å². The van der Waals surface area contributed by atoms with Gasteiger partial charge in [0.2, 0.25) is 0 Å². The van der Waals surface area contributed by atoms with Gasteiger partial charge in [0.1, 0.15) is 0 Å². The van der Waals surface area contributed by atoms with Crippen LogP contribution in [0.2, 0.25) is 0 Å². The first kappa shape index (κ1) is 8.70. The monoisotopic (exact) mass is 166 g/mol. The van der Waals surface area contributed by atoms with Gasteiger partial charge < -0.3 is 16.6 Å². The Morgan fingerprint density at radius 3 is 2.17 bits per heavy atom. The third-order valence-electron chi connectivity index (χ3n) is 1.61. The summed E-state index contributed by atoms with van der Waals surface area (Å²) >= 11 is 0. The zero-order chi connectivity index (χ0) is 9.19. The molecule has 1 aromatic carbocycles. The molecular weight excluding hydrogens is 156 g/mol. The summed E-state index contributed by atoms with van der Waals surface area (Å²) in [6.45, 7) is 0. The van der Waals surface area contributed by atoms with Crippen molar-refractivity contribution in [3.05, 3.63) is 35.9 Å². The van der Waals surface area contributed by atoms with Crippen LogP contribution in [0.3, 0.4) is 0 Å². The van der Waals surface area contributed by atoms with E-state index in [4.69, 9.17) is 16.6 Å². The molecule has 0 saturated heterocycles. The number of hydrogen-bond donors (Lipinski definition) is 3. The lowest BCUT2D eigenvalue weighted by Crippen LogP contribution is -2.53. The molecule has 0 amide bonds. The second-order valence-corrected chi connectivity index (χ2v) is 2.54. The number of carboxylic acids is 1. The number of rotatable bonds is 2. The Labute approximate surface area is 69.8 Å². The van der Waals surface area contributed by atoms with Gasteiger partial charge in [-0.2, -0.15) is 0 Å². The quantitative estimate of drug-likeness (QED) is 0.532. The topological polar surface area (TPSA) is 89.3 Å². The van der Waals surface area contributed by atoms with Gasteiger partial charge in [0.05, 0.1) is 0 Å². The molecule has 0 spiro atoms. The molecule has 64 valence electrons. The van der Waals surface area contributed by atoms with E-state index < -0.39 is 11.6 Å². The SMILES string of the molecule is NC(N)(C(=O)O)c1ccccc1. The maximum atomic E-state index is 10.6. The predicted octanol–water partition coefficient (Wildman–Crippen LogP) is -0.159. The van der Waals surface area contributed by atoms with Crippen molar-refractivity contribution in [2.24, 2.45) is 11.5 Å². The molecule has 0 aliphatic heterocycles. The third-order valence-corrected chi connectivity index (χ3v) is 1.61. The van der Waals surface area contributed by atoms with Crippen LogP contribution in [-0.4, -0.2) is 11.1 Å². The highest BCUT2D eigenvalue weighted by molar-refractivity contribution is 5.79. The lowest BCUT2D eigenvalue weighted by atomic mass is 10.0. The van der Waals surface area contributed by atoms with Crippen LogP contribution in [0.1, 0.15) is 5.56 Å². The predicted molar refractivity (Wildman–Crippen MR) is 44.1 cm³/mol. The molecule has 0 unspecified atom stereocenters. The lowest BCUT2D eigenvalue weighted by Gasteiger charge is -2.18. The van der Waals surface area contributed by atoms with Gasteiger partial charge in [-0.25, -0.2) is 4.79 Å². The first-order chi connectivity index (χ1) is 5.55. The van der Waals surface area contributed by atoms with E-state index in [9.17, 15) is 4.79 Å². The highest BCUT2D eigenvalue weighted by atomic mass is 16.4. The van der Waals surface area contributed by atoms with Crippen molar-refractivity contribution in [3.8, 4) is 0 Å². The van der Waals surface area contributed by atoms with Crippen LogP contribution in [0.15, 0.2) is 30.3 Å². The summed E-state index contributed by atoms with van der Waals surface area (Å²) in [5.74, 6) is -1.24. The molecule has 0 saturated carbocycles.